The number of hydrogen-bond acceptors (Lipinski definition) is 4. The third-order valence-corrected chi connectivity index (χ3v) is 2.59. The summed E-state index contributed by atoms with van der Waals surface area (Å²) in [6.07, 6.45) is 0. The van der Waals surface area contributed by atoms with Gasteiger partial charge in [0.2, 0.25) is 5.28 Å². The third kappa shape index (κ3) is 2.65. The van der Waals surface area contributed by atoms with Crippen molar-refractivity contribution in [1.29, 1.82) is 0 Å². The molecule has 0 unspecified atom stereocenters. The van der Waals surface area contributed by atoms with Crippen molar-refractivity contribution in [2.75, 3.05) is 11.1 Å². The van der Waals surface area contributed by atoms with Crippen LogP contribution >= 0.6 is 11.6 Å². The van der Waals surface area contributed by atoms with Crippen LogP contribution in [0.25, 0.3) is 0 Å². The van der Waals surface area contributed by atoms with E-state index in [1.807, 2.05) is 31.2 Å². The Morgan fingerprint density at radius 1 is 1.12 bits per heavy atom. The number of nitrogens with one attached hydrogen (secondary N) is 1. The molecule has 0 aliphatic heterocycles. The van der Waals surface area contributed by atoms with E-state index in [9.17, 15) is 0 Å². The highest BCUT2D eigenvalue weighted by Gasteiger charge is 2.07. The predicted molar refractivity (Wildman–Crippen MR) is 70.7 cm³/mol. The molecular weight excluding hydrogens is 236 g/mol. The smallest absolute Gasteiger partial charge is 0.224 e. The largest absolute Gasteiger partial charge is 0.394 e. The van der Waals surface area contributed by atoms with E-state index in [1.54, 1.807) is 6.92 Å². The van der Waals surface area contributed by atoms with Crippen molar-refractivity contribution in [3.63, 3.8) is 0 Å². The second-order valence-electron chi connectivity index (χ2n) is 3.83. The summed E-state index contributed by atoms with van der Waals surface area (Å²) in [4.78, 5) is 8.05. The number of benzene rings is 1. The highest BCUT2D eigenvalue weighted by atomic mass is 35.5. The predicted octanol–water partition coefficient (Wildman–Crippen LogP) is 3.07. The molecule has 5 heteroatoms. The fourth-order valence-corrected chi connectivity index (χ4v) is 1.63. The van der Waals surface area contributed by atoms with Gasteiger partial charge in [-0.3, -0.25) is 0 Å². The zero-order valence-corrected chi connectivity index (χ0v) is 10.4. The summed E-state index contributed by atoms with van der Waals surface area (Å²) in [5.41, 5.74) is 9.17. The third-order valence-electron chi connectivity index (χ3n) is 2.42. The maximum atomic E-state index is 5.88. The standard InChI is InChI=1S/C12H13ClN4/c1-7-3-5-9(6-4-7)16-11-10(14)8(2)15-12(13)17-11/h3-6H,14H2,1-2H3,(H,15,16,17). The Morgan fingerprint density at radius 2 is 1.76 bits per heavy atom. The first-order valence-corrected chi connectivity index (χ1v) is 5.57. The number of anilines is 3. The Balaban J connectivity index is 2.32. The maximum absolute atomic E-state index is 5.88. The van der Waals surface area contributed by atoms with Crippen LogP contribution in [-0.2, 0) is 0 Å². The molecule has 3 N–H and O–H groups in total. The summed E-state index contributed by atoms with van der Waals surface area (Å²) in [5, 5.41) is 3.31. The van der Waals surface area contributed by atoms with Crippen LogP contribution in [0.15, 0.2) is 24.3 Å². The van der Waals surface area contributed by atoms with Crippen molar-refractivity contribution >= 4 is 28.8 Å². The molecule has 2 aromatic rings. The maximum Gasteiger partial charge on any atom is 0.224 e. The Morgan fingerprint density at radius 3 is 2.41 bits per heavy atom. The minimum Gasteiger partial charge on any atom is -0.394 e. The first kappa shape index (κ1) is 11.7. The second-order valence-corrected chi connectivity index (χ2v) is 4.17. The van der Waals surface area contributed by atoms with Gasteiger partial charge in [-0.05, 0) is 37.6 Å². The highest BCUT2D eigenvalue weighted by molar-refractivity contribution is 6.28. The normalized spacial score (nSPS) is 10.3. The van der Waals surface area contributed by atoms with Gasteiger partial charge in [-0.2, -0.15) is 4.98 Å². The van der Waals surface area contributed by atoms with Crippen LogP contribution in [0.3, 0.4) is 0 Å². The van der Waals surface area contributed by atoms with Crippen LogP contribution in [0.2, 0.25) is 5.28 Å². The van der Waals surface area contributed by atoms with Gasteiger partial charge in [0, 0.05) is 5.69 Å². The molecule has 0 amide bonds. The van der Waals surface area contributed by atoms with E-state index in [1.165, 1.54) is 5.56 Å². The lowest BCUT2D eigenvalue weighted by Crippen LogP contribution is -2.03. The summed E-state index contributed by atoms with van der Waals surface area (Å²) in [5.74, 6) is 0.534. The van der Waals surface area contributed by atoms with Crippen LogP contribution < -0.4 is 11.1 Å². The molecule has 0 aliphatic rings. The van der Waals surface area contributed by atoms with Crippen molar-refractivity contribution in [3.8, 4) is 0 Å². The summed E-state index contributed by atoms with van der Waals surface area (Å²) >= 11 is 5.80. The van der Waals surface area contributed by atoms with E-state index < -0.39 is 0 Å². The lowest BCUT2D eigenvalue weighted by atomic mass is 10.2. The number of halogens is 1. The molecule has 1 aromatic carbocycles. The van der Waals surface area contributed by atoms with Gasteiger partial charge in [0.15, 0.2) is 5.82 Å². The zero-order chi connectivity index (χ0) is 12.4. The second kappa shape index (κ2) is 4.59. The van der Waals surface area contributed by atoms with E-state index in [4.69, 9.17) is 17.3 Å². The fraction of sp³-hybridized carbons (Fsp3) is 0.167. The molecule has 1 aromatic heterocycles. The number of aromatic nitrogens is 2. The van der Waals surface area contributed by atoms with Gasteiger partial charge in [0.25, 0.3) is 0 Å². The van der Waals surface area contributed by atoms with Crippen LogP contribution in [0, 0.1) is 13.8 Å². The Hall–Kier alpha value is -1.81. The minimum absolute atomic E-state index is 0.186. The Bertz CT molecular complexity index is 537. The van der Waals surface area contributed by atoms with Gasteiger partial charge in [-0.15, -0.1) is 0 Å². The van der Waals surface area contributed by atoms with Crippen LogP contribution in [0.5, 0.6) is 0 Å². The van der Waals surface area contributed by atoms with Crippen molar-refractivity contribution in [2.45, 2.75) is 13.8 Å². The van der Waals surface area contributed by atoms with E-state index in [-0.39, 0.29) is 5.28 Å². The van der Waals surface area contributed by atoms with Gasteiger partial charge in [0.05, 0.1) is 11.4 Å². The molecule has 0 spiro atoms. The number of rotatable bonds is 2. The molecular formula is C12H13ClN4. The lowest BCUT2D eigenvalue weighted by Gasteiger charge is -2.10. The van der Waals surface area contributed by atoms with E-state index >= 15 is 0 Å². The van der Waals surface area contributed by atoms with Gasteiger partial charge in [0.1, 0.15) is 0 Å². The van der Waals surface area contributed by atoms with Crippen molar-refractivity contribution in [2.24, 2.45) is 0 Å². The molecule has 0 bridgehead atoms. The number of nitrogens with two attached hydrogens (primary N) is 1. The molecule has 88 valence electrons. The quantitative estimate of drug-likeness (QED) is 0.802. The molecule has 17 heavy (non-hydrogen) atoms. The molecule has 0 aliphatic carbocycles. The minimum atomic E-state index is 0.186. The molecule has 0 radical (unpaired) electrons. The number of aryl methyl sites for hydroxylation is 2. The Labute approximate surface area is 105 Å². The van der Waals surface area contributed by atoms with Gasteiger partial charge < -0.3 is 11.1 Å². The molecule has 4 nitrogen and oxygen atoms in total. The van der Waals surface area contributed by atoms with Crippen molar-refractivity contribution in [1.82, 2.24) is 9.97 Å². The summed E-state index contributed by atoms with van der Waals surface area (Å²) in [6.45, 7) is 3.83. The first-order chi connectivity index (χ1) is 8.06. The number of nitrogen functional groups attached to an aromatic ring is 1. The SMILES string of the molecule is Cc1ccc(Nc2nc(Cl)nc(C)c2N)cc1. The monoisotopic (exact) mass is 248 g/mol. The number of nitrogens with zero attached hydrogens (tertiary/aromatic N) is 2. The molecule has 0 fully saturated rings. The van der Waals surface area contributed by atoms with Crippen molar-refractivity contribution in [3.05, 3.63) is 40.8 Å². The Kier molecular flexibility index (Phi) is 3.15. The highest BCUT2D eigenvalue weighted by Crippen LogP contribution is 2.24. The van der Waals surface area contributed by atoms with Gasteiger partial charge in [-0.1, -0.05) is 17.7 Å². The summed E-state index contributed by atoms with van der Waals surface area (Å²) in [6, 6.07) is 7.93. The summed E-state index contributed by atoms with van der Waals surface area (Å²) in [7, 11) is 0. The van der Waals surface area contributed by atoms with Gasteiger partial charge in [-0.25, -0.2) is 4.98 Å². The summed E-state index contributed by atoms with van der Waals surface area (Å²) < 4.78 is 0. The van der Waals surface area contributed by atoms with Crippen molar-refractivity contribution < 1.29 is 0 Å². The van der Waals surface area contributed by atoms with E-state index in [0.717, 1.165) is 5.69 Å². The average Bonchev–Trinajstić information content (AvgIpc) is 2.28. The molecule has 0 saturated carbocycles. The first-order valence-electron chi connectivity index (χ1n) is 5.19. The fourth-order valence-electron chi connectivity index (χ4n) is 1.42. The van der Waals surface area contributed by atoms with Gasteiger partial charge >= 0.3 is 0 Å². The van der Waals surface area contributed by atoms with Crippen LogP contribution in [-0.4, -0.2) is 9.97 Å². The molecule has 0 saturated heterocycles. The lowest BCUT2D eigenvalue weighted by molar-refractivity contribution is 1.11. The van der Waals surface area contributed by atoms with E-state index in [0.29, 0.717) is 17.2 Å². The average molecular weight is 249 g/mol. The van der Waals surface area contributed by atoms with Crippen LogP contribution in [0.4, 0.5) is 17.2 Å². The molecule has 1 heterocycles. The van der Waals surface area contributed by atoms with Crippen LogP contribution in [0.1, 0.15) is 11.3 Å². The van der Waals surface area contributed by atoms with E-state index in [2.05, 4.69) is 15.3 Å². The molecule has 0 atom stereocenters. The number of hydrogen-bond donors (Lipinski definition) is 2. The molecule has 2 rings (SSSR count). The topological polar surface area (TPSA) is 63.8 Å². The zero-order valence-electron chi connectivity index (χ0n) is 9.66.